The van der Waals surface area contributed by atoms with Crippen molar-refractivity contribution in [2.24, 2.45) is 12.8 Å². The van der Waals surface area contributed by atoms with Crippen LogP contribution in [0.1, 0.15) is 10.4 Å². The smallest absolute Gasteiger partial charge is 0.257 e. The van der Waals surface area contributed by atoms with Gasteiger partial charge < -0.3 is 15.4 Å². The van der Waals surface area contributed by atoms with E-state index in [1.807, 2.05) is 0 Å². The van der Waals surface area contributed by atoms with Crippen LogP contribution in [0.2, 0.25) is 0 Å². The number of nitrogens with zero attached hydrogens (tertiary/aromatic N) is 3. The second-order valence-corrected chi connectivity index (χ2v) is 3.87. The maximum Gasteiger partial charge on any atom is 0.257 e. The van der Waals surface area contributed by atoms with Gasteiger partial charge in [0.2, 0.25) is 0 Å². The summed E-state index contributed by atoms with van der Waals surface area (Å²) in [5.74, 6) is -0.0214. The number of carbonyl (C=O) groups is 1. The lowest BCUT2D eigenvalue weighted by atomic mass is 10.2. The average Bonchev–Trinajstić information content (AvgIpc) is 2.75. The standard InChI is InChI=1S/C10H16N4O2/c1-13-6-8(5-12-13)10(15)14-2-3-16-7-9(14)4-11/h5-6,9H,2-4,7,11H2,1H3. The van der Waals surface area contributed by atoms with Crippen molar-refractivity contribution in [3.63, 3.8) is 0 Å². The summed E-state index contributed by atoms with van der Waals surface area (Å²) in [7, 11) is 1.79. The molecule has 0 spiro atoms. The number of morpholine rings is 1. The molecule has 1 fully saturated rings. The van der Waals surface area contributed by atoms with Crippen LogP contribution < -0.4 is 5.73 Å². The molecular formula is C10H16N4O2. The zero-order chi connectivity index (χ0) is 11.5. The summed E-state index contributed by atoms with van der Waals surface area (Å²) in [6, 6.07) is -0.0264. The number of carbonyl (C=O) groups excluding carboxylic acids is 1. The average molecular weight is 224 g/mol. The van der Waals surface area contributed by atoms with E-state index in [1.165, 1.54) is 0 Å². The number of rotatable bonds is 2. The van der Waals surface area contributed by atoms with E-state index in [-0.39, 0.29) is 11.9 Å². The molecule has 1 unspecified atom stereocenters. The van der Waals surface area contributed by atoms with Crippen LogP contribution in [0.25, 0.3) is 0 Å². The minimum absolute atomic E-state index is 0.0214. The van der Waals surface area contributed by atoms with Crippen LogP contribution in [0.5, 0.6) is 0 Å². The molecule has 2 rings (SSSR count). The Morgan fingerprint density at radius 3 is 3.19 bits per heavy atom. The van der Waals surface area contributed by atoms with Gasteiger partial charge in [-0.1, -0.05) is 0 Å². The summed E-state index contributed by atoms with van der Waals surface area (Å²) in [6.45, 7) is 2.10. The minimum atomic E-state index is -0.0264. The zero-order valence-corrected chi connectivity index (χ0v) is 9.30. The SMILES string of the molecule is Cn1cc(C(=O)N2CCOCC2CN)cn1. The first kappa shape index (κ1) is 11.1. The number of hydrogen-bond acceptors (Lipinski definition) is 4. The maximum atomic E-state index is 12.1. The molecule has 0 bridgehead atoms. The van der Waals surface area contributed by atoms with Crippen LogP contribution in [0.15, 0.2) is 12.4 Å². The number of hydrogen-bond donors (Lipinski definition) is 1. The summed E-state index contributed by atoms with van der Waals surface area (Å²) in [4.78, 5) is 13.9. The molecule has 2 heterocycles. The molecule has 6 heteroatoms. The maximum absolute atomic E-state index is 12.1. The van der Waals surface area contributed by atoms with Crippen molar-refractivity contribution >= 4 is 5.91 Å². The van der Waals surface area contributed by atoms with Gasteiger partial charge >= 0.3 is 0 Å². The van der Waals surface area contributed by atoms with E-state index >= 15 is 0 Å². The van der Waals surface area contributed by atoms with Gasteiger partial charge in [-0.3, -0.25) is 9.48 Å². The first-order valence-electron chi connectivity index (χ1n) is 5.30. The third-order valence-electron chi connectivity index (χ3n) is 2.71. The summed E-state index contributed by atoms with van der Waals surface area (Å²) in [6.07, 6.45) is 3.29. The fourth-order valence-corrected chi connectivity index (χ4v) is 1.81. The Bertz CT molecular complexity index is 377. The van der Waals surface area contributed by atoms with E-state index < -0.39 is 0 Å². The molecule has 1 saturated heterocycles. The predicted molar refractivity (Wildman–Crippen MR) is 57.9 cm³/mol. The lowest BCUT2D eigenvalue weighted by Crippen LogP contribution is -2.52. The molecule has 0 aliphatic carbocycles. The number of aromatic nitrogens is 2. The summed E-state index contributed by atoms with van der Waals surface area (Å²) in [5, 5.41) is 3.99. The van der Waals surface area contributed by atoms with Gasteiger partial charge in [-0.15, -0.1) is 0 Å². The van der Waals surface area contributed by atoms with Gasteiger partial charge in [0.05, 0.1) is 31.0 Å². The highest BCUT2D eigenvalue weighted by Gasteiger charge is 2.27. The van der Waals surface area contributed by atoms with Crippen LogP contribution in [-0.4, -0.2) is 52.9 Å². The summed E-state index contributed by atoms with van der Waals surface area (Å²) < 4.78 is 6.92. The molecule has 0 radical (unpaired) electrons. The fourth-order valence-electron chi connectivity index (χ4n) is 1.81. The molecule has 0 saturated carbocycles. The number of nitrogens with two attached hydrogens (primary N) is 1. The van der Waals surface area contributed by atoms with Crippen molar-refractivity contribution in [2.45, 2.75) is 6.04 Å². The van der Waals surface area contributed by atoms with Gasteiger partial charge in [0.25, 0.3) is 5.91 Å². The van der Waals surface area contributed by atoms with Crippen LogP contribution in [0, 0.1) is 0 Å². The second-order valence-electron chi connectivity index (χ2n) is 3.87. The van der Waals surface area contributed by atoms with Crippen molar-refractivity contribution in [2.75, 3.05) is 26.3 Å². The Morgan fingerprint density at radius 2 is 2.56 bits per heavy atom. The lowest BCUT2D eigenvalue weighted by molar-refractivity contribution is 0.000835. The molecule has 1 amide bonds. The van der Waals surface area contributed by atoms with E-state index in [1.54, 1.807) is 29.0 Å². The van der Waals surface area contributed by atoms with Crippen LogP contribution in [-0.2, 0) is 11.8 Å². The van der Waals surface area contributed by atoms with Crippen LogP contribution in [0.4, 0.5) is 0 Å². The molecule has 1 aromatic heterocycles. The van der Waals surface area contributed by atoms with Gasteiger partial charge in [-0.25, -0.2) is 0 Å². The summed E-state index contributed by atoms with van der Waals surface area (Å²) >= 11 is 0. The molecule has 1 atom stereocenters. The van der Waals surface area contributed by atoms with Crippen molar-refractivity contribution in [3.8, 4) is 0 Å². The van der Waals surface area contributed by atoms with Crippen molar-refractivity contribution in [1.29, 1.82) is 0 Å². The Labute approximate surface area is 94.0 Å². The Kier molecular flexibility index (Phi) is 3.21. The van der Waals surface area contributed by atoms with Gasteiger partial charge in [-0.2, -0.15) is 5.10 Å². The first-order chi connectivity index (χ1) is 7.72. The molecule has 1 aliphatic rings. The minimum Gasteiger partial charge on any atom is -0.377 e. The summed E-state index contributed by atoms with van der Waals surface area (Å²) in [5.41, 5.74) is 6.22. The molecule has 0 aromatic carbocycles. The van der Waals surface area contributed by atoms with Gasteiger partial charge in [-0.05, 0) is 0 Å². The van der Waals surface area contributed by atoms with Gasteiger partial charge in [0, 0.05) is 26.3 Å². The van der Waals surface area contributed by atoms with E-state index in [0.717, 1.165) is 0 Å². The van der Waals surface area contributed by atoms with E-state index in [4.69, 9.17) is 10.5 Å². The normalized spacial score (nSPS) is 21.1. The molecule has 2 N–H and O–H groups in total. The zero-order valence-electron chi connectivity index (χ0n) is 9.30. The molecule has 16 heavy (non-hydrogen) atoms. The molecular weight excluding hydrogens is 208 g/mol. The highest BCUT2D eigenvalue weighted by molar-refractivity contribution is 5.94. The third kappa shape index (κ3) is 2.07. The fraction of sp³-hybridized carbons (Fsp3) is 0.600. The molecule has 1 aliphatic heterocycles. The first-order valence-corrected chi connectivity index (χ1v) is 5.30. The van der Waals surface area contributed by atoms with E-state index in [9.17, 15) is 4.79 Å². The van der Waals surface area contributed by atoms with Crippen molar-refractivity contribution in [1.82, 2.24) is 14.7 Å². The lowest BCUT2D eigenvalue weighted by Gasteiger charge is -2.34. The quantitative estimate of drug-likeness (QED) is 0.715. The van der Waals surface area contributed by atoms with Crippen molar-refractivity contribution < 1.29 is 9.53 Å². The highest BCUT2D eigenvalue weighted by Crippen LogP contribution is 2.11. The molecule has 1 aromatic rings. The van der Waals surface area contributed by atoms with Gasteiger partial charge in [0.15, 0.2) is 0 Å². The number of ether oxygens (including phenoxy) is 1. The Hall–Kier alpha value is -1.40. The topological polar surface area (TPSA) is 73.4 Å². The van der Waals surface area contributed by atoms with Crippen molar-refractivity contribution in [3.05, 3.63) is 18.0 Å². The monoisotopic (exact) mass is 224 g/mol. The Balaban J connectivity index is 2.13. The van der Waals surface area contributed by atoms with E-state index in [2.05, 4.69) is 5.10 Å². The highest BCUT2D eigenvalue weighted by atomic mass is 16.5. The molecule has 88 valence electrons. The second kappa shape index (κ2) is 4.63. The number of amides is 1. The third-order valence-corrected chi connectivity index (χ3v) is 2.71. The molecule has 6 nitrogen and oxygen atoms in total. The number of aryl methyl sites for hydroxylation is 1. The van der Waals surface area contributed by atoms with E-state index in [0.29, 0.717) is 31.9 Å². The Morgan fingerprint density at radius 1 is 1.75 bits per heavy atom. The van der Waals surface area contributed by atoms with Gasteiger partial charge in [0.1, 0.15) is 0 Å². The predicted octanol–water partition coefficient (Wildman–Crippen LogP) is -0.780. The van der Waals surface area contributed by atoms with Crippen LogP contribution >= 0.6 is 0 Å². The van der Waals surface area contributed by atoms with Crippen LogP contribution in [0.3, 0.4) is 0 Å². The largest absolute Gasteiger partial charge is 0.377 e.